The lowest BCUT2D eigenvalue weighted by molar-refractivity contribution is -0.387. The number of nitro benzene ring substituents is 2. The van der Waals surface area contributed by atoms with Crippen molar-refractivity contribution in [2.75, 3.05) is 12.4 Å². The standard InChI is InChI=1S/C24H18N4O9S/c1-15-7-9-18(20(11-15)28(32)33)26-24(29)17(14-25)12-16-8-10-21(22(13-16)36-2)37-38(34,35)23-6-4-3-5-19(23)27(30)31/h3-13H,1-2H3,(H,26,29)/b17-12+. The second kappa shape index (κ2) is 11.2. The minimum absolute atomic E-state index is 0.103. The van der Waals surface area contributed by atoms with Crippen molar-refractivity contribution in [2.45, 2.75) is 11.8 Å². The van der Waals surface area contributed by atoms with Gasteiger partial charge in [0.25, 0.3) is 17.3 Å². The SMILES string of the molecule is COc1cc(/C=C(\C#N)C(=O)Nc2ccc(C)cc2[N+](=O)[O-])ccc1OS(=O)(=O)c1ccccc1[N+](=O)[O-]. The number of benzene rings is 3. The molecule has 0 saturated heterocycles. The maximum Gasteiger partial charge on any atom is 0.346 e. The van der Waals surface area contributed by atoms with E-state index >= 15 is 0 Å². The molecule has 0 fully saturated rings. The first kappa shape index (κ1) is 27.3. The van der Waals surface area contributed by atoms with Crippen LogP contribution in [0.1, 0.15) is 11.1 Å². The quantitative estimate of drug-likeness (QED) is 0.136. The van der Waals surface area contributed by atoms with Gasteiger partial charge in [-0.05, 0) is 48.4 Å². The van der Waals surface area contributed by atoms with Gasteiger partial charge in [-0.25, -0.2) is 0 Å². The largest absolute Gasteiger partial charge is 0.493 e. The molecule has 3 aromatic carbocycles. The van der Waals surface area contributed by atoms with Crippen LogP contribution in [-0.2, 0) is 14.9 Å². The predicted molar refractivity (Wildman–Crippen MR) is 134 cm³/mol. The number of nitro groups is 2. The smallest absolute Gasteiger partial charge is 0.346 e. The lowest BCUT2D eigenvalue weighted by atomic mass is 10.1. The van der Waals surface area contributed by atoms with Crippen LogP contribution in [0.25, 0.3) is 6.08 Å². The molecule has 14 heteroatoms. The summed E-state index contributed by atoms with van der Waals surface area (Å²) >= 11 is 0. The first-order chi connectivity index (χ1) is 18.0. The highest BCUT2D eigenvalue weighted by molar-refractivity contribution is 7.87. The minimum atomic E-state index is -4.63. The van der Waals surface area contributed by atoms with E-state index in [2.05, 4.69) is 5.32 Å². The van der Waals surface area contributed by atoms with Crippen LogP contribution in [0.4, 0.5) is 17.1 Å². The zero-order valence-corrected chi connectivity index (χ0v) is 20.6. The van der Waals surface area contributed by atoms with E-state index in [1.165, 1.54) is 49.6 Å². The molecule has 13 nitrogen and oxygen atoms in total. The molecule has 194 valence electrons. The lowest BCUT2D eigenvalue weighted by Crippen LogP contribution is -2.14. The zero-order chi connectivity index (χ0) is 28.0. The Hall–Kier alpha value is -5.29. The normalized spacial score (nSPS) is 11.2. The van der Waals surface area contributed by atoms with Crippen LogP contribution in [0, 0.1) is 38.5 Å². The molecule has 0 atom stereocenters. The molecular weight excluding hydrogens is 520 g/mol. The number of carbonyl (C=O) groups excluding carboxylic acids is 1. The van der Waals surface area contributed by atoms with E-state index in [9.17, 15) is 38.7 Å². The van der Waals surface area contributed by atoms with Crippen molar-refractivity contribution in [1.82, 2.24) is 0 Å². The molecule has 0 spiro atoms. The molecule has 38 heavy (non-hydrogen) atoms. The zero-order valence-electron chi connectivity index (χ0n) is 19.8. The molecular formula is C24H18N4O9S. The Balaban J connectivity index is 1.91. The van der Waals surface area contributed by atoms with Gasteiger partial charge in [0.2, 0.25) is 0 Å². The van der Waals surface area contributed by atoms with E-state index in [-0.39, 0.29) is 28.4 Å². The molecule has 0 aromatic heterocycles. The van der Waals surface area contributed by atoms with Crippen molar-refractivity contribution in [3.63, 3.8) is 0 Å². The van der Waals surface area contributed by atoms with Crippen molar-refractivity contribution in [1.29, 1.82) is 5.26 Å². The second-order valence-electron chi connectivity index (χ2n) is 7.57. The van der Waals surface area contributed by atoms with Gasteiger partial charge in [0.15, 0.2) is 16.4 Å². The van der Waals surface area contributed by atoms with Gasteiger partial charge in [-0.3, -0.25) is 25.0 Å². The number of nitrogens with zero attached hydrogens (tertiary/aromatic N) is 3. The third-order valence-corrected chi connectivity index (χ3v) is 6.28. The van der Waals surface area contributed by atoms with Crippen LogP contribution in [-0.4, -0.2) is 31.3 Å². The number of nitrogens with one attached hydrogen (secondary N) is 1. The van der Waals surface area contributed by atoms with Crippen molar-refractivity contribution >= 4 is 39.2 Å². The maximum absolute atomic E-state index is 12.7. The van der Waals surface area contributed by atoms with Crippen LogP contribution >= 0.6 is 0 Å². The monoisotopic (exact) mass is 538 g/mol. The summed E-state index contributed by atoms with van der Waals surface area (Å²) in [6, 6.07) is 14.3. The molecule has 0 saturated carbocycles. The summed E-state index contributed by atoms with van der Waals surface area (Å²) in [4.78, 5) is 33.0. The molecule has 0 radical (unpaired) electrons. The molecule has 1 amide bonds. The molecule has 0 heterocycles. The first-order valence-electron chi connectivity index (χ1n) is 10.5. The number of aryl methyl sites for hydroxylation is 1. The van der Waals surface area contributed by atoms with Crippen molar-refractivity contribution in [3.8, 4) is 17.6 Å². The number of ether oxygens (including phenoxy) is 1. The fourth-order valence-electron chi connectivity index (χ4n) is 3.23. The van der Waals surface area contributed by atoms with Gasteiger partial charge >= 0.3 is 10.1 Å². The highest BCUT2D eigenvalue weighted by Crippen LogP contribution is 2.33. The van der Waals surface area contributed by atoms with Crippen LogP contribution in [0.2, 0.25) is 0 Å². The number of amides is 1. The van der Waals surface area contributed by atoms with Gasteiger partial charge in [-0.1, -0.05) is 24.3 Å². The van der Waals surface area contributed by atoms with E-state index in [1.807, 2.05) is 0 Å². The molecule has 0 bridgehead atoms. The van der Waals surface area contributed by atoms with Gasteiger partial charge in [0.1, 0.15) is 17.3 Å². The Bertz CT molecular complexity index is 1630. The van der Waals surface area contributed by atoms with Crippen LogP contribution in [0.3, 0.4) is 0 Å². The molecule has 3 rings (SSSR count). The van der Waals surface area contributed by atoms with Crippen LogP contribution < -0.4 is 14.2 Å². The first-order valence-corrected chi connectivity index (χ1v) is 11.9. The number of hydrogen-bond acceptors (Lipinski definition) is 10. The number of methoxy groups -OCH3 is 1. The van der Waals surface area contributed by atoms with E-state index in [0.29, 0.717) is 5.56 Å². The minimum Gasteiger partial charge on any atom is -0.493 e. The summed E-state index contributed by atoms with van der Waals surface area (Å²) < 4.78 is 35.7. The summed E-state index contributed by atoms with van der Waals surface area (Å²) in [5, 5.41) is 34.3. The van der Waals surface area contributed by atoms with Crippen molar-refractivity contribution in [3.05, 3.63) is 97.6 Å². The van der Waals surface area contributed by atoms with Gasteiger partial charge in [0, 0.05) is 12.1 Å². The second-order valence-corrected chi connectivity index (χ2v) is 9.09. The highest BCUT2D eigenvalue weighted by Gasteiger charge is 2.28. The van der Waals surface area contributed by atoms with Gasteiger partial charge in [-0.15, -0.1) is 0 Å². The maximum atomic E-state index is 12.7. The van der Waals surface area contributed by atoms with Crippen molar-refractivity contribution < 1.29 is 32.0 Å². The Morgan fingerprint density at radius 1 is 1.00 bits per heavy atom. The number of rotatable bonds is 9. The fourth-order valence-corrected chi connectivity index (χ4v) is 4.34. The summed E-state index contributed by atoms with van der Waals surface area (Å²) in [6.45, 7) is 1.65. The van der Waals surface area contributed by atoms with E-state index in [4.69, 9.17) is 8.92 Å². The topological polar surface area (TPSA) is 192 Å². The number of anilines is 1. The Labute approximate surface area is 216 Å². The van der Waals surface area contributed by atoms with Crippen molar-refractivity contribution in [2.24, 2.45) is 0 Å². The van der Waals surface area contributed by atoms with Gasteiger partial charge in [0.05, 0.1) is 17.0 Å². The van der Waals surface area contributed by atoms with Crippen LogP contribution in [0.15, 0.2) is 71.1 Å². The predicted octanol–water partition coefficient (Wildman–Crippen LogP) is 4.13. The van der Waals surface area contributed by atoms with Crippen LogP contribution in [0.5, 0.6) is 11.5 Å². The third kappa shape index (κ3) is 6.09. The fraction of sp³-hybridized carbons (Fsp3) is 0.0833. The number of para-hydroxylation sites is 1. The Morgan fingerprint density at radius 2 is 1.68 bits per heavy atom. The summed E-state index contributed by atoms with van der Waals surface area (Å²) in [5.74, 6) is -1.34. The molecule has 1 N–H and O–H groups in total. The van der Waals surface area contributed by atoms with E-state index < -0.39 is 42.0 Å². The van der Waals surface area contributed by atoms with Gasteiger partial charge in [-0.2, -0.15) is 13.7 Å². The highest BCUT2D eigenvalue weighted by atomic mass is 32.2. The lowest BCUT2D eigenvalue weighted by Gasteiger charge is -2.12. The molecule has 3 aromatic rings. The molecule has 0 unspecified atom stereocenters. The number of nitriles is 1. The number of hydrogen-bond donors (Lipinski definition) is 1. The van der Waals surface area contributed by atoms with E-state index in [0.717, 1.165) is 18.2 Å². The summed E-state index contributed by atoms with van der Waals surface area (Å²) in [6.07, 6.45) is 1.15. The molecule has 0 aliphatic heterocycles. The number of carbonyl (C=O) groups is 1. The average Bonchev–Trinajstić information content (AvgIpc) is 2.88. The Morgan fingerprint density at radius 3 is 2.32 bits per heavy atom. The molecule has 0 aliphatic carbocycles. The summed E-state index contributed by atoms with van der Waals surface area (Å²) in [5.41, 5.74) is -0.717. The van der Waals surface area contributed by atoms with E-state index in [1.54, 1.807) is 19.1 Å². The average molecular weight is 538 g/mol. The summed E-state index contributed by atoms with van der Waals surface area (Å²) in [7, 11) is -3.42. The van der Waals surface area contributed by atoms with Gasteiger partial charge < -0.3 is 14.2 Å². The third-order valence-electron chi connectivity index (χ3n) is 4.99. The molecule has 0 aliphatic rings. The Kier molecular flexibility index (Phi) is 8.04.